The Kier molecular flexibility index (Phi) is 5.98. The number of hydrogen-bond acceptors (Lipinski definition) is 3. The summed E-state index contributed by atoms with van der Waals surface area (Å²) in [6, 6.07) is 16.0. The lowest BCUT2D eigenvalue weighted by Crippen LogP contribution is -2.23. The van der Waals surface area contributed by atoms with E-state index < -0.39 is 10.0 Å². The van der Waals surface area contributed by atoms with Gasteiger partial charge < -0.3 is 5.32 Å². The Hall–Kier alpha value is -2.34. The molecule has 1 amide bonds. The molecule has 0 bridgehead atoms. The van der Waals surface area contributed by atoms with Crippen molar-refractivity contribution in [1.29, 1.82) is 0 Å². The van der Waals surface area contributed by atoms with Gasteiger partial charge in [-0.25, -0.2) is 8.42 Å². The van der Waals surface area contributed by atoms with Crippen LogP contribution in [0.15, 0.2) is 54.6 Å². The van der Waals surface area contributed by atoms with E-state index in [4.69, 9.17) is 0 Å². The van der Waals surface area contributed by atoms with Crippen molar-refractivity contribution in [2.24, 2.45) is 0 Å². The first kappa shape index (κ1) is 18.0. The zero-order chi connectivity index (χ0) is 17.6. The summed E-state index contributed by atoms with van der Waals surface area (Å²) in [5.41, 5.74) is 1.78. The van der Waals surface area contributed by atoms with Gasteiger partial charge in [-0.2, -0.15) is 0 Å². The fraction of sp³-hybridized carbons (Fsp3) is 0.278. The van der Waals surface area contributed by atoms with Gasteiger partial charge in [0.15, 0.2) is 0 Å². The standard InChI is InChI=1S/C18H22N2O3S/c1-3-19-18(21)16-10-7-11-17(12-16)20-24(22,23)13-14(2)15-8-5-4-6-9-15/h4-12,14,20H,3,13H2,1-2H3,(H,19,21)/t14-/m0/s1. The number of hydrogen-bond donors (Lipinski definition) is 2. The van der Waals surface area contributed by atoms with Crippen LogP contribution in [0.4, 0.5) is 5.69 Å². The van der Waals surface area contributed by atoms with E-state index in [2.05, 4.69) is 10.0 Å². The molecule has 2 rings (SSSR count). The van der Waals surface area contributed by atoms with E-state index in [-0.39, 0.29) is 17.6 Å². The first-order valence-electron chi connectivity index (χ1n) is 7.85. The van der Waals surface area contributed by atoms with Crippen LogP contribution in [-0.2, 0) is 10.0 Å². The van der Waals surface area contributed by atoms with Crippen LogP contribution in [0.1, 0.15) is 35.7 Å². The Morgan fingerprint density at radius 3 is 2.46 bits per heavy atom. The molecule has 2 aromatic carbocycles. The van der Waals surface area contributed by atoms with Crippen molar-refractivity contribution in [2.45, 2.75) is 19.8 Å². The highest BCUT2D eigenvalue weighted by molar-refractivity contribution is 7.92. The summed E-state index contributed by atoms with van der Waals surface area (Å²) in [5, 5.41) is 2.69. The van der Waals surface area contributed by atoms with Crippen LogP contribution in [0.2, 0.25) is 0 Å². The molecule has 6 heteroatoms. The molecule has 1 atom stereocenters. The molecular formula is C18H22N2O3S. The molecule has 24 heavy (non-hydrogen) atoms. The minimum Gasteiger partial charge on any atom is -0.352 e. The van der Waals surface area contributed by atoms with Gasteiger partial charge in [0.2, 0.25) is 10.0 Å². The van der Waals surface area contributed by atoms with Gasteiger partial charge in [-0.1, -0.05) is 43.3 Å². The van der Waals surface area contributed by atoms with Crippen molar-refractivity contribution < 1.29 is 13.2 Å². The predicted molar refractivity (Wildman–Crippen MR) is 96.7 cm³/mol. The van der Waals surface area contributed by atoms with Crippen LogP contribution in [-0.4, -0.2) is 26.6 Å². The van der Waals surface area contributed by atoms with Gasteiger partial charge in [-0.05, 0) is 36.6 Å². The fourth-order valence-electron chi connectivity index (χ4n) is 2.41. The summed E-state index contributed by atoms with van der Waals surface area (Å²) in [5.74, 6) is -0.381. The normalized spacial score (nSPS) is 12.4. The molecule has 0 aliphatic carbocycles. The SMILES string of the molecule is CCNC(=O)c1cccc(NS(=O)(=O)C[C@H](C)c2ccccc2)c1. The van der Waals surface area contributed by atoms with Crippen LogP contribution in [0.25, 0.3) is 0 Å². The minimum absolute atomic E-state index is 0.0254. The van der Waals surface area contributed by atoms with E-state index in [0.29, 0.717) is 17.8 Å². The maximum atomic E-state index is 12.4. The van der Waals surface area contributed by atoms with Crippen molar-refractivity contribution >= 4 is 21.6 Å². The Morgan fingerprint density at radius 1 is 1.08 bits per heavy atom. The molecule has 0 heterocycles. The topological polar surface area (TPSA) is 75.3 Å². The van der Waals surface area contributed by atoms with Gasteiger partial charge >= 0.3 is 0 Å². The van der Waals surface area contributed by atoms with Gasteiger partial charge in [-0.3, -0.25) is 9.52 Å². The quantitative estimate of drug-likeness (QED) is 0.809. The van der Waals surface area contributed by atoms with E-state index in [1.54, 1.807) is 18.2 Å². The smallest absolute Gasteiger partial charge is 0.251 e. The summed E-state index contributed by atoms with van der Waals surface area (Å²) >= 11 is 0. The molecule has 0 saturated carbocycles. The number of rotatable bonds is 7. The van der Waals surface area contributed by atoms with Gasteiger partial charge in [-0.15, -0.1) is 0 Å². The number of sulfonamides is 1. The average molecular weight is 346 g/mol. The molecule has 0 radical (unpaired) electrons. The van der Waals surface area contributed by atoms with Crippen LogP contribution in [0, 0.1) is 0 Å². The number of carbonyl (C=O) groups excluding carboxylic acids is 1. The third-order valence-corrected chi connectivity index (χ3v) is 5.06. The summed E-state index contributed by atoms with van der Waals surface area (Å²) in [6.07, 6.45) is 0. The van der Waals surface area contributed by atoms with Gasteiger partial charge in [0, 0.05) is 17.8 Å². The van der Waals surface area contributed by atoms with Crippen molar-refractivity contribution in [1.82, 2.24) is 5.32 Å². The fourth-order valence-corrected chi connectivity index (χ4v) is 3.83. The molecule has 0 saturated heterocycles. The van der Waals surface area contributed by atoms with E-state index in [0.717, 1.165) is 5.56 Å². The van der Waals surface area contributed by atoms with E-state index in [1.807, 2.05) is 44.2 Å². The molecule has 0 spiro atoms. The van der Waals surface area contributed by atoms with Gasteiger partial charge in [0.1, 0.15) is 0 Å². The number of carbonyl (C=O) groups is 1. The summed E-state index contributed by atoms with van der Waals surface area (Å²) in [4.78, 5) is 11.8. The average Bonchev–Trinajstić information content (AvgIpc) is 2.55. The molecule has 5 nitrogen and oxygen atoms in total. The summed E-state index contributed by atoms with van der Waals surface area (Å²) in [6.45, 7) is 4.22. The largest absolute Gasteiger partial charge is 0.352 e. The zero-order valence-electron chi connectivity index (χ0n) is 13.8. The number of amides is 1. The molecule has 2 aromatic rings. The number of benzene rings is 2. The lowest BCUT2D eigenvalue weighted by Gasteiger charge is -2.14. The Balaban J connectivity index is 2.09. The second-order valence-corrected chi connectivity index (χ2v) is 7.40. The maximum absolute atomic E-state index is 12.4. The summed E-state index contributed by atoms with van der Waals surface area (Å²) < 4.78 is 27.3. The van der Waals surface area contributed by atoms with Gasteiger partial charge in [0.05, 0.1) is 5.75 Å². The Morgan fingerprint density at radius 2 is 1.79 bits per heavy atom. The number of nitrogens with one attached hydrogen (secondary N) is 2. The van der Waals surface area contributed by atoms with Crippen LogP contribution < -0.4 is 10.0 Å². The monoisotopic (exact) mass is 346 g/mol. The number of anilines is 1. The first-order chi connectivity index (χ1) is 11.4. The lowest BCUT2D eigenvalue weighted by atomic mass is 10.0. The zero-order valence-corrected chi connectivity index (χ0v) is 14.6. The molecular weight excluding hydrogens is 324 g/mol. The van der Waals surface area contributed by atoms with Crippen molar-refractivity contribution in [3.63, 3.8) is 0 Å². The molecule has 0 unspecified atom stereocenters. The van der Waals surface area contributed by atoms with Crippen molar-refractivity contribution in [3.8, 4) is 0 Å². The second-order valence-electron chi connectivity index (χ2n) is 5.64. The van der Waals surface area contributed by atoms with E-state index in [9.17, 15) is 13.2 Å². The first-order valence-corrected chi connectivity index (χ1v) is 9.50. The molecule has 128 valence electrons. The maximum Gasteiger partial charge on any atom is 0.251 e. The third kappa shape index (κ3) is 5.09. The van der Waals surface area contributed by atoms with E-state index in [1.165, 1.54) is 6.07 Å². The predicted octanol–water partition coefficient (Wildman–Crippen LogP) is 2.98. The second kappa shape index (κ2) is 7.97. The van der Waals surface area contributed by atoms with E-state index >= 15 is 0 Å². The lowest BCUT2D eigenvalue weighted by molar-refractivity contribution is 0.0956. The van der Waals surface area contributed by atoms with Crippen molar-refractivity contribution in [2.75, 3.05) is 17.0 Å². The Labute approximate surface area is 143 Å². The summed E-state index contributed by atoms with van der Waals surface area (Å²) in [7, 11) is -3.52. The molecule has 2 N–H and O–H groups in total. The highest BCUT2D eigenvalue weighted by Gasteiger charge is 2.17. The third-order valence-electron chi connectivity index (χ3n) is 3.57. The van der Waals surface area contributed by atoms with Crippen LogP contribution in [0.3, 0.4) is 0 Å². The Bertz CT molecular complexity index is 789. The van der Waals surface area contributed by atoms with Crippen LogP contribution in [0.5, 0.6) is 0 Å². The molecule has 0 aromatic heterocycles. The molecule has 0 aliphatic rings. The molecule has 0 fully saturated rings. The van der Waals surface area contributed by atoms with Crippen molar-refractivity contribution in [3.05, 3.63) is 65.7 Å². The highest BCUT2D eigenvalue weighted by atomic mass is 32.2. The van der Waals surface area contributed by atoms with Gasteiger partial charge in [0.25, 0.3) is 5.91 Å². The van der Waals surface area contributed by atoms with Crippen LogP contribution >= 0.6 is 0 Å². The molecule has 0 aliphatic heterocycles. The minimum atomic E-state index is -3.52. The highest BCUT2D eigenvalue weighted by Crippen LogP contribution is 2.19.